The number of carbonyl (C=O) groups is 4. The summed E-state index contributed by atoms with van der Waals surface area (Å²) in [4.78, 5) is 50.2. The molecular weight excluding hydrogens is 660 g/mol. The minimum absolute atomic E-state index is 0.0407. The maximum absolute atomic E-state index is 12.9. The maximum Gasteiger partial charge on any atom is 0.331 e. The van der Waals surface area contributed by atoms with Crippen LogP contribution in [0.25, 0.3) is 0 Å². The van der Waals surface area contributed by atoms with Crippen LogP contribution in [0.15, 0.2) is 11.6 Å². The van der Waals surface area contributed by atoms with E-state index in [0.717, 1.165) is 5.57 Å². The summed E-state index contributed by atoms with van der Waals surface area (Å²) in [6.45, 7) is 6.78. The summed E-state index contributed by atoms with van der Waals surface area (Å²) < 4.78 is 34.9. The predicted molar refractivity (Wildman–Crippen MR) is 167 cm³/mol. The Morgan fingerprint density at radius 3 is 2.26 bits per heavy atom. The molecule has 4 aliphatic carbocycles. The topological polar surface area (TPSA) is 225 Å². The van der Waals surface area contributed by atoms with Crippen LogP contribution in [0.2, 0.25) is 0 Å². The fourth-order valence-corrected chi connectivity index (χ4v) is 10.9. The minimum atomic E-state index is -1.80. The zero-order valence-electron chi connectivity index (χ0n) is 29.1. The number of hydrogen-bond acceptors (Lipinski definition) is 15. The van der Waals surface area contributed by atoms with Crippen LogP contribution in [0.3, 0.4) is 0 Å². The van der Waals surface area contributed by atoms with Gasteiger partial charge < -0.3 is 54.0 Å². The Morgan fingerprint density at radius 1 is 0.940 bits per heavy atom. The van der Waals surface area contributed by atoms with Gasteiger partial charge in [-0.1, -0.05) is 6.92 Å². The van der Waals surface area contributed by atoms with E-state index in [1.54, 1.807) is 0 Å². The van der Waals surface area contributed by atoms with Crippen LogP contribution >= 0.6 is 0 Å². The van der Waals surface area contributed by atoms with E-state index in [1.807, 2.05) is 6.92 Å². The van der Waals surface area contributed by atoms with Crippen molar-refractivity contribution in [1.29, 1.82) is 0 Å². The lowest BCUT2D eigenvalue weighted by Gasteiger charge is -2.68. The molecule has 0 bridgehead atoms. The van der Waals surface area contributed by atoms with Crippen LogP contribution in [-0.4, -0.2) is 123 Å². The fraction of sp³-hybridized carbons (Fsp3) is 0.829. The predicted octanol–water partition coefficient (Wildman–Crippen LogP) is 0.197. The molecule has 0 spiro atoms. The number of carbonyl (C=O) groups excluding carboxylic acids is 4. The maximum atomic E-state index is 12.9. The van der Waals surface area contributed by atoms with E-state index in [4.69, 9.17) is 28.4 Å². The molecule has 15 heteroatoms. The van der Waals surface area contributed by atoms with Crippen molar-refractivity contribution in [2.24, 2.45) is 28.6 Å². The molecule has 0 radical (unpaired) electrons. The smallest absolute Gasteiger partial charge is 0.331 e. The molecule has 0 aromatic heterocycles. The van der Waals surface area contributed by atoms with Crippen LogP contribution < -0.4 is 0 Å². The quantitative estimate of drug-likeness (QED) is 0.135. The van der Waals surface area contributed by atoms with E-state index in [-0.39, 0.29) is 44.6 Å². The van der Waals surface area contributed by atoms with Crippen molar-refractivity contribution in [2.75, 3.05) is 13.2 Å². The molecule has 15 atom stereocenters. The first kappa shape index (κ1) is 37.1. The van der Waals surface area contributed by atoms with Crippen LogP contribution in [0.4, 0.5) is 0 Å². The Labute approximate surface area is 290 Å². The molecule has 280 valence electrons. The zero-order chi connectivity index (χ0) is 36.6. The molecule has 2 aliphatic heterocycles. The van der Waals surface area contributed by atoms with Gasteiger partial charge in [0.15, 0.2) is 6.29 Å². The molecule has 5 N–H and O–H groups in total. The van der Waals surface area contributed by atoms with Crippen molar-refractivity contribution in [3.63, 3.8) is 0 Å². The number of rotatable bonds is 7. The molecule has 5 fully saturated rings. The normalized spacial score (nSPS) is 48.3. The Kier molecular flexibility index (Phi) is 9.71. The van der Waals surface area contributed by atoms with Crippen LogP contribution in [0, 0.1) is 28.6 Å². The number of ether oxygens (including phenoxy) is 6. The second kappa shape index (κ2) is 13.1. The molecular formula is C35H50O15. The zero-order valence-corrected chi connectivity index (χ0v) is 29.1. The first-order chi connectivity index (χ1) is 23.4. The number of aliphatic hydroxyl groups excluding tert-OH is 3. The third-order valence-electron chi connectivity index (χ3n) is 13.0. The van der Waals surface area contributed by atoms with Gasteiger partial charge in [-0.25, -0.2) is 4.79 Å². The average Bonchev–Trinajstić information content (AvgIpc) is 3.56. The van der Waals surface area contributed by atoms with Crippen LogP contribution in [-0.2, 0) is 47.6 Å². The third kappa shape index (κ3) is 5.77. The highest BCUT2D eigenvalue weighted by molar-refractivity contribution is 5.85. The number of esters is 4. The number of cyclic esters (lactones) is 1. The van der Waals surface area contributed by atoms with Gasteiger partial charge in [-0.05, 0) is 56.4 Å². The molecule has 0 amide bonds. The van der Waals surface area contributed by atoms with Crippen LogP contribution in [0.5, 0.6) is 0 Å². The van der Waals surface area contributed by atoms with Gasteiger partial charge in [0.1, 0.15) is 43.7 Å². The summed E-state index contributed by atoms with van der Waals surface area (Å²) in [7, 11) is 0. The van der Waals surface area contributed by atoms with Gasteiger partial charge in [0.25, 0.3) is 0 Å². The Hall–Kier alpha value is -2.66. The summed E-state index contributed by atoms with van der Waals surface area (Å²) in [6.07, 6.45) is -7.39. The lowest BCUT2D eigenvalue weighted by Crippen LogP contribution is -2.76. The van der Waals surface area contributed by atoms with Crippen molar-refractivity contribution in [2.45, 2.75) is 140 Å². The van der Waals surface area contributed by atoms with Crippen molar-refractivity contribution < 1.29 is 73.1 Å². The molecule has 0 aromatic carbocycles. The SMILES string of the molecule is CC(=O)OC[C@]12C(OC(C)=O)CC(OC3O[C@@H](C)[C@H](O)[C@@H](O)[C@H]3O)CC1(O)CC[C@@H]1[C@@H]2C(OC(C)=O)C[C@]2(C)[C@@H](C3=CC(=O)OC3)CC[C@]12O. The number of fused-ring (bicyclic) bond motifs is 5. The van der Waals surface area contributed by atoms with Crippen molar-refractivity contribution in [3.05, 3.63) is 11.6 Å². The first-order valence-corrected chi connectivity index (χ1v) is 17.5. The second-order valence-electron chi connectivity index (χ2n) is 15.6. The van der Waals surface area contributed by atoms with E-state index in [0.29, 0.717) is 12.8 Å². The standard InChI is InChI=1S/C35H50O15/c1-16-28(40)29(41)30(42)31(47-16)50-21-11-25(49-19(4)38)34(15-46-17(2)36)27-23(6-8-33(34,43)12-21)35(44)9-7-22(20-10-26(39)45-14-20)32(35,5)13-24(27)48-18(3)37/h10,16,21-25,27-31,40-44H,6-9,11-15H2,1-5H3/t16-,21?,22+,23+,24?,25?,27+,28-,29+,30+,31?,32+,33?,34+,35-/m0/s1. The third-order valence-corrected chi connectivity index (χ3v) is 13.0. The van der Waals surface area contributed by atoms with E-state index < -0.39 is 113 Å². The van der Waals surface area contributed by atoms with E-state index in [1.165, 1.54) is 33.8 Å². The Morgan fingerprint density at radius 2 is 1.64 bits per heavy atom. The minimum Gasteiger partial charge on any atom is -0.465 e. The van der Waals surface area contributed by atoms with Gasteiger partial charge in [0.05, 0.1) is 28.8 Å². The Balaban J connectivity index is 1.44. The van der Waals surface area contributed by atoms with Crippen molar-refractivity contribution >= 4 is 23.9 Å². The largest absolute Gasteiger partial charge is 0.465 e. The highest BCUT2D eigenvalue weighted by atomic mass is 16.7. The lowest BCUT2D eigenvalue weighted by molar-refractivity contribution is -0.343. The molecule has 6 aliphatic rings. The highest BCUT2D eigenvalue weighted by Crippen LogP contribution is 2.71. The average molecular weight is 711 g/mol. The van der Waals surface area contributed by atoms with Crippen molar-refractivity contribution in [3.8, 4) is 0 Å². The van der Waals surface area contributed by atoms with Gasteiger partial charge in [-0.3, -0.25) is 14.4 Å². The highest BCUT2D eigenvalue weighted by Gasteiger charge is 2.77. The van der Waals surface area contributed by atoms with E-state index >= 15 is 0 Å². The fourth-order valence-electron chi connectivity index (χ4n) is 10.9. The molecule has 50 heavy (non-hydrogen) atoms. The summed E-state index contributed by atoms with van der Waals surface area (Å²) in [6, 6.07) is 0. The second-order valence-corrected chi connectivity index (χ2v) is 15.6. The summed E-state index contributed by atoms with van der Waals surface area (Å²) in [5.74, 6) is -4.21. The van der Waals surface area contributed by atoms with Gasteiger partial charge in [0.2, 0.25) is 0 Å². The van der Waals surface area contributed by atoms with E-state index in [9.17, 15) is 44.7 Å². The molecule has 6 rings (SSSR count). The summed E-state index contributed by atoms with van der Waals surface area (Å²) in [5.41, 5.74) is -4.93. The summed E-state index contributed by atoms with van der Waals surface area (Å²) in [5, 5.41) is 57.2. The van der Waals surface area contributed by atoms with Gasteiger partial charge in [-0.2, -0.15) is 0 Å². The van der Waals surface area contributed by atoms with Crippen LogP contribution in [0.1, 0.15) is 79.6 Å². The number of hydrogen-bond donors (Lipinski definition) is 5. The molecule has 2 heterocycles. The Bertz CT molecular complexity index is 1420. The molecule has 1 saturated heterocycles. The monoisotopic (exact) mass is 710 g/mol. The number of aliphatic hydroxyl groups is 5. The molecule has 5 unspecified atom stereocenters. The molecule has 4 saturated carbocycles. The molecule has 0 aromatic rings. The summed E-state index contributed by atoms with van der Waals surface area (Å²) >= 11 is 0. The van der Waals surface area contributed by atoms with Gasteiger partial charge >= 0.3 is 23.9 Å². The van der Waals surface area contributed by atoms with E-state index in [2.05, 4.69) is 0 Å². The van der Waals surface area contributed by atoms with Gasteiger partial charge in [0, 0.05) is 51.0 Å². The van der Waals surface area contributed by atoms with Gasteiger partial charge in [-0.15, -0.1) is 0 Å². The first-order valence-electron chi connectivity index (χ1n) is 17.5. The van der Waals surface area contributed by atoms with Crippen molar-refractivity contribution in [1.82, 2.24) is 0 Å². The molecule has 15 nitrogen and oxygen atoms in total. The lowest BCUT2D eigenvalue weighted by atomic mass is 9.40.